The molecule has 1 aliphatic rings. The Kier molecular flexibility index (Phi) is 4.38. The average Bonchev–Trinajstić information content (AvgIpc) is 2.79. The van der Waals surface area contributed by atoms with Gasteiger partial charge in [-0.1, -0.05) is 20.8 Å². The van der Waals surface area contributed by atoms with Crippen LogP contribution in [0.3, 0.4) is 0 Å². The van der Waals surface area contributed by atoms with Crippen LogP contribution in [0.15, 0.2) is 30.6 Å². The summed E-state index contributed by atoms with van der Waals surface area (Å²) in [5.74, 6) is 1.76. The molecule has 0 spiro atoms. The monoisotopic (exact) mass is 327 g/mol. The second-order valence-electron chi connectivity index (χ2n) is 6.71. The van der Waals surface area contributed by atoms with Crippen molar-refractivity contribution in [3.63, 3.8) is 0 Å². The summed E-state index contributed by atoms with van der Waals surface area (Å²) < 4.78 is 11.2. The highest BCUT2D eigenvalue weighted by Crippen LogP contribution is 2.30. The zero-order valence-electron chi connectivity index (χ0n) is 14.1. The average molecular weight is 327 g/mol. The van der Waals surface area contributed by atoms with Gasteiger partial charge in [0, 0.05) is 17.4 Å². The summed E-state index contributed by atoms with van der Waals surface area (Å²) in [6.45, 7) is 7.32. The van der Waals surface area contributed by atoms with E-state index in [0.29, 0.717) is 36.0 Å². The van der Waals surface area contributed by atoms with E-state index in [1.807, 2.05) is 20.8 Å². The molecule has 0 aliphatic carbocycles. The van der Waals surface area contributed by atoms with Crippen molar-refractivity contribution in [1.29, 1.82) is 0 Å². The minimum atomic E-state index is -0.238. The molecule has 0 fully saturated rings. The fourth-order valence-corrected chi connectivity index (χ4v) is 2.29. The van der Waals surface area contributed by atoms with Crippen molar-refractivity contribution in [3.05, 3.63) is 42.0 Å². The van der Waals surface area contributed by atoms with Gasteiger partial charge >= 0.3 is 0 Å². The van der Waals surface area contributed by atoms with E-state index in [9.17, 15) is 4.79 Å². The van der Waals surface area contributed by atoms with Crippen LogP contribution in [0.4, 0.5) is 5.69 Å². The first-order valence-electron chi connectivity index (χ1n) is 7.97. The molecule has 2 aromatic rings. The van der Waals surface area contributed by atoms with Gasteiger partial charge in [-0.05, 0) is 18.2 Å². The van der Waals surface area contributed by atoms with Crippen LogP contribution < -0.4 is 14.8 Å². The Labute approximate surface area is 141 Å². The number of aromatic nitrogens is 2. The normalized spacial score (nSPS) is 14.0. The van der Waals surface area contributed by atoms with Gasteiger partial charge < -0.3 is 14.8 Å². The molecule has 0 radical (unpaired) electrons. The van der Waals surface area contributed by atoms with Crippen LogP contribution in [0, 0.1) is 0 Å². The number of benzene rings is 1. The minimum Gasteiger partial charge on any atom is -0.490 e. The molecule has 1 aliphatic heterocycles. The molecule has 126 valence electrons. The first kappa shape index (κ1) is 16.2. The van der Waals surface area contributed by atoms with E-state index in [4.69, 9.17) is 9.47 Å². The lowest BCUT2D eigenvalue weighted by atomic mass is 9.96. The summed E-state index contributed by atoms with van der Waals surface area (Å²) in [6.07, 6.45) is 4.07. The quantitative estimate of drug-likeness (QED) is 0.917. The predicted octanol–water partition coefficient (Wildman–Crippen LogP) is 3.19. The van der Waals surface area contributed by atoms with Crippen LogP contribution in [0.2, 0.25) is 0 Å². The van der Waals surface area contributed by atoms with E-state index in [1.54, 1.807) is 30.6 Å². The van der Waals surface area contributed by atoms with E-state index in [-0.39, 0.29) is 11.3 Å². The Hall–Kier alpha value is -2.63. The molecular formula is C18H21N3O3. The van der Waals surface area contributed by atoms with Crippen molar-refractivity contribution >= 4 is 11.6 Å². The largest absolute Gasteiger partial charge is 0.490 e. The third kappa shape index (κ3) is 3.64. The zero-order chi connectivity index (χ0) is 17.2. The second kappa shape index (κ2) is 6.47. The number of anilines is 1. The molecule has 0 saturated heterocycles. The summed E-state index contributed by atoms with van der Waals surface area (Å²) in [5, 5.41) is 2.80. The number of amides is 1. The van der Waals surface area contributed by atoms with Crippen LogP contribution in [0.25, 0.3) is 0 Å². The lowest BCUT2D eigenvalue weighted by Gasteiger charge is -2.16. The highest BCUT2D eigenvalue weighted by atomic mass is 16.5. The summed E-state index contributed by atoms with van der Waals surface area (Å²) in [6, 6.07) is 5.17. The van der Waals surface area contributed by atoms with Crippen molar-refractivity contribution < 1.29 is 14.3 Å². The van der Waals surface area contributed by atoms with Gasteiger partial charge in [-0.15, -0.1) is 0 Å². The SMILES string of the molecule is CC(C)(C)c1ncc(NC(=O)c2ccc3c(c2)OCCCO3)cn1. The molecule has 1 amide bonds. The molecule has 0 atom stereocenters. The standard InChI is InChI=1S/C18H21N3O3/c1-18(2,3)17-19-10-13(11-20-17)21-16(22)12-5-6-14-15(9-12)24-8-4-7-23-14/h5-6,9-11H,4,7-8H2,1-3H3,(H,21,22). The summed E-state index contributed by atoms with van der Waals surface area (Å²) in [5.41, 5.74) is 0.927. The summed E-state index contributed by atoms with van der Waals surface area (Å²) in [4.78, 5) is 21.0. The molecule has 6 nitrogen and oxygen atoms in total. The fraction of sp³-hybridized carbons (Fsp3) is 0.389. The van der Waals surface area contributed by atoms with Gasteiger partial charge in [-0.2, -0.15) is 0 Å². The smallest absolute Gasteiger partial charge is 0.255 e. The molecular weight excluding hydrogens is 306 g/mol. The fourth-order valence-electron chi connectivity index (χ4n) is 2.29. The lowest BCUT2D eigenvalue weighted by Crippen LogP contribution is -2.17. The second-order valence-corrected chi connectivity index (χ2v) is 6.71. The number of ether oxygens (including phenoxy) is 2. The molecule has 3 rings (SSSR count). The molecule has 24 heavy (non-hydrogen) atoms. The minimum absolute atomic E-state index is 0.128. The Morgan fingerprint density at radius 3 is 2.42 bits per heavy atom. The molecule has 2 heterocycles. The highest BCUT2D eigenvalue weighted by Gasteiger charge is 2.18. The number of nitrogens with zero attached hydrogens (tertiary/aromatic N) is 2. The molecule has 0 saturated carbocycles. The Morgan fingerprint density at radius 2 is 1.75 bits per heavy atom. The molecule has 1 N–H and O–H groups in total. The maximum Gasteiger partial charge on any atom is 0.255 e. The highest BCUT2D eigenvalue weighted by molar-refractivity contribution is 6.04. The number of fused-ring (bicyclic) bond motifs is 1. The maximum atomic E-state index is 12.4. The van der Waals surface area contributed by atoms with Crippen LogP contribution >= 0.6 is 0 Å². The molecule has 6 heteroatoms. The summed E-state index contributed by atoms with van der Waals surface area (Å²) in [7, 11) is 0. The van der Waals surface area contributed by atoms with Crippen molar-refractivity contribution in [2.45, 2.75) is 32.6 Å². The van der Waals surface area contributed by atoms with Gasteiger partial charge in [-0.25, -0.2) is 9.97 Å². The maximum absolute atomic E-state index is 12.4. The molecule has 0 unspecified atom stereocenters. The number of rotatable bonds is 2. The van der Waals surface area contributed by atoms with Crippen LogP contribution in [0.1, 0.15) is 43.4 Å². The number of nitrogens with one attached hydrogen (secondary N) is 1. The van der Waals surface area contributed by atoms with E-state index < -0.39 is 0 Å². The first-order chi connectivity index (χ1) is 11.4. The Morgan fingerprint density at radius 1 is 1.08 bits per heavy atom. The third-order valence-corrected chi connectivity index (χ3v) is 3.59. The number of hydrogen-bond acceptors (Lipinski definition) is 5. The molecule has 1 aromatic carbocycles. The third-order valence-electron chi connectivity index (χ3n) is 3.59. The Balaban J connectivity index is 1.74. The zero-order valence-corrected chi connectivity index (χ0v) is 14.1. The lowest BCUT2D eigenvalue weighted by molar-refractivity contribution is 0.102. The summed E-state index contributed by atoms with van der Waals surface area (Å²) >= 11 is 0. The van der Waals surface area contributed by atoms with E-state index in [0.717, 1.165) is 12.2 Å². The molecule has 0 bridgehead atoms. The van der Waals surface area contributed by atoms with E-state index in [1.165, 1.54) is 0 Å². The topological polar surface area (TPSA) is 73.3 Å². The number of carbonyl (C=O) groups is 1. The van der Waals surface area contributed by atoms with Crippen molar-refractivity contribution in [3.8, 4) is 11.5 Å². The van der Waals surface area contributed by atoms with Crippen molar-refractivity contribution in [1.82, 2.24) is 9.97 Å². The first-order valence-corrected chi connectivity index (χ1v) is 7.97. The van der Waals surface area contributed by atoms with Gasteiger partial charge in [0.15, 0.2) is 11.5 Å². The van der Waals surface area contributed by atoms with Crippen LogP contribution in [-0.2, 0) is 5.41 Å². The predicted molar refractivity (Wildman–Crippen MR) is 90.7 cm³/mol. The van der Waals surface area contributed by atoms with Gasteiger partial charge in [-0.3, -0.25) is 4.79 Å². The number of carbonyl (C=O) groups excluding carboxylic acids is 1. The van der Waals surface area contributed by atoms with Gasteiger partial charge in [0.2, 0.25) is 0 Å². The van der Waals surface area contributed by atoms with Gasteiger partial charge in [0.05, 0.1) is 31.3 Å². The van der Waals surface area contributed by atoms with Gasteiger partial charge in [0.1, 0.15) is 5.82 Å². The van der Waals surface area contributed by atoms with Crippen molar-refractivity contribution in [2.75, 3.05) is 18.5 Å². The van der Waals surface area contributed by atoms with Crippen LogP contribution in [-0.4, -0.2) is 29.1 Å². The van der Waals surface area contributed by atoms with Crippen LogP contribution in [0.5, 0.6) is 11.5 Å². The number of hydrogen-bond donors (Lipinski definition) is 1. The van der Waals surface area contributed by atoms with E-state index >= 15 is 0 Å². The van der Waals surface area contributed by atoms with Crippen molar-refractivity contribution in [2.24, 2.45) is 0 Å². The Bertz CT molecular complexity index is 736. The molecule has 1 aromatic heterocycles. The van der Waals surface area contributed by atoms with Gasteiger partial charge in [0.25, 0.3) is 5.91 Å². The van der Waals surface area contributed by atoms with E-state index in [2.05, 4.69) is 15.3 Å².